The molecule has 1 aliphatic heterocycles. The highest BCUT2D eigenvalue weighted by atomic mass is 35.5. The summed E-state index contributed by atoms with van der Waals surface area (Å²) in [6.07, 6.45) is 3.23. The summed E-state index contributed by atoms with van der Waals surface area (Å²) in [7, 11) is 0. The van der Waals surface area contributed by atoms with Crippen molar-refractivity contribution in [1.29, 1.82) is 0 Å². The van der Waals surface area contributed by atoms with Crippen LogP contribution in [0.5, 0.6) is 0 Å². The summed E-state index contributed by atoms with van der Waals surface area (Å²) in [4.78, 5) is 17.7. The topological polar surface area (TPSA) is 80.0 Å². The molecule has 0 radical (unpaired) electrons. The summed E-state index contributed by atoms with van der Waals surface area (Å²) in [5.41, 5.74) is 2.94. The number of nitrogens with zero attached hydrogens (tertiary/aromatic N) is 2. The SMILES string of the molecule is CC(C)c1noc2nc(C3CC3)cc(C(=O)NC3CCNCC3C)c12.Cl. The third kappa shape index (κ3) is 3.58. The van der Waals surface area contributed by atoms with Crippen LogP contribution < -0.4 is 10.6 Å². The van der Waals surface area contributed by atoms with Gasteiger partial charge in [0.15, 0.2) is 0 Å². The number of carbonyl (C=O) groups is 1. The van der Waals surface area contributed by atoms with Crippen molar-refractivity contribution in [3.63, 3.8) is 0 Å². The average molecular weight is 379 g/mol. The molecular weight excluding hydrogens is 352 g/mol. The second-order valence-corrected chi connectivity index (χ2v) is 7.82. The van der Waals surface area contributed by atoms with Crippen LogP contribution >= 0.6 is 12.4 Å². The first-order valence-electron chi connectivity index (χ1n) is 9.36. The number of nitrogens with one attached hydrogen (secondary N) is 2. The largest absolute Gasteiger partial charge is 0.349 e. The summed E-state index contributed by atoms with van der Waals surface area (Å²) >= 11 is 0. The lowest BCUT2D eigenvalue weighted by Crippen LogP contribution is -2.48. The van der Waals surface area contributed by atoms with Crippen LogP contribution in [0.3, 0.4) is 0 Å². The van der Waals surface area contributed by atoms with Crippen LogP contribution in [0.2, 0.25) is 0 Å². The number of aromatic nitrogens is 2. The van der Waals surface area contributed by atoms with E-state index in [4.69, 9.17) is 4.52 Å². The quantitative estimate of drug-likeness (QED) is 0.852. The van der Waals surface area contributed by atoms with E-state index in [2.05, 4.69) is 41.5 Å². The number of hydrogen-bond acceptors (Lipinski definition) is 5. The van der Waals surface area contributed by atoms with Crippen LogP contribution in [0, 0.1) is 5.92 Å². The van der Waals surface area contributed by atoms with Gasteiger partial charge in [0.05, 0.1) is 16.6 Å². The van der Waals surface area contributed by atoms with E-state index in [-0.39, 0.29) is 30.3 Å². The Morgan fingerprint density at radius 2 is 2.12 bits per heavy atom. The molecule has 1 amide bonds. The predicted molar refractivity (Wildman–Crippen MR) is 103 cm³/mol. The van der Waals surface area contributed by atoms with Gasteiger partial charge < -0.3 is 15.2 Å². The van der Waals surface area contributed by atoms with Gasteiger partial charge in [-0.1, -0.05) is 25.9 Å². The van der Waals surface area contributed by atoms with Crippen LogP contribution in [0.4, 0.5) is 0 Å². The number of pyridine rings is 1. The fourth-order valence-electron chi connectivity index (χ4n) is 3.63. The van der Waals surface area contributed by atoms with Crippen molar-refractivity contribution in [2.24, 2.45) is 5.92 Å². The van der Waals surface area contributed by atoms with Crippen molar-refractivity contribution in [2.75, 3.05) is 13.1 Å². The third-order valence-corrected chi connectivity index (χ3v) is 5.38. The highest BCUT2D eigenvalue weighted by Crippen LogP contribution is 2.41. The molecule has 0 bridgehead atoms. The van der Waals surface area contributed by atoms with E-state index < -0.39 is 0 Å². The number of piperidine rings is 1. The fraction of sp³-hybridized carbons (Fsp3) is 0.632. The fourth-order valence-corrected chi connectivity index (χ4v) is 3.63. The first-order chi connectivity index (χ1) is 12.0. The lowest BCUT2D eigenvalue weighted by molar-refractivity contribution is 0.0915. The average Bonchev–Trinajstić information content (AvgIpc) is 3.35. The molecule has 2 atom stereocenters. The molecule has 4 rings (SSSR count). The molecule has 1 saturated carbocycles. The number of fused-ring (bicyclic) bond motifs is 1. The highest BCUT2D eigenvalue weighted by Gasteiger charge is 2.31. The summed E-state index contributed by atoms with van der Waals surface area (Å²) in [5, 5.41) is 11.6. The van der Waals surface area contributed by atoms with Gasteiger partial charge in [-0.05, 0) is 50.3 Å². The van der Waals surface area contributed by atoms with Gasteiger partial charge in [-0.15, -0.1) is 12.4 Å². The molecule has 1 aliphatic carbocycles. The van der Waals surface area contributed by atoms with Gasteiger partial charge >= 0.3 is 0 Å². The normalized spacial score (nSPS) is 23.1. The van der Waals surface area contributed by atoms with Crippen LogP contribution in [0.1, 0.15) is 73.6 Å². The molecular formula is C19H27ClN4O2. The minimum atomic E-state index is -0.0295. The monoisotopic (exact) mass is 378 g/mol. The number of hydrogen-bond donors (Lipinski definition) is 2. The Labute approximate surface area is 159 Å². The zero-order chi connectivity index (χ0) is 17.6. The zero-order valence-corrected chi connectivity index (χ0v) is 16.4. The van der Waals surface area contributed by atoms with Gasteiger partial charge in [0.1, 0.15) is 0 Å². The Balaban J connectivity index is 0.00000196. The maximum Gasteiger partial charge on any atom is 0.259 e. The van der Waals surface area contributed by atoms with E-state index in [1.807, 2.05) is 6.07 Å². The second-order valence-electron chi connectivity index (χ2n) is 7.82. The Hall–Kier alpha value is -1.66. The highest BCUT2D eigenvalue weighted by molar-refractivity contribution is 6.06. The van der Waals surface area contributed by atoms with E-state index in [0.717, 1.165) is 49.1 Å². The molecule has 7 heteroatoms. The molecule has 2 aliphatic rings. The maximum atomic E-state index is 13.1. The van der Waals surface area contributed by atoms with E-state index in [1.54, 1.807) is 0 Å². The minimum Gasteiger partial charge on any atom is -0.349 e. The van der Waals surface area contributed by atoms with E-state index in [1.165, 1.54) is 0 Å². The Morgan fingerprint density at radius 1 is 1.35 bits per heavy atom. The Kier molecular flexibility index (Phi) is 5.53. The first-order valence-corrected chi connectivity index (χ1v) is 9.36. The Bertz CT molecular complexity index is 800. The van der Waals surface area contributed by atoms with Crippen LogP contribution in [-0.4, -0.2) is 35.2 Å². The van der Waals surface area contributed by atoms with Gasteiger partial charge in [-0.25, -0.2) is 4.98 Å². The molecule has 0 spiro atoms. The molecule has 3 heterocycles. The minimum absolute atomic E-state index is 0. The van der Waals surface area contributed by atoms with E-state index in [0.29, 0.717) is 23.1 Å². The lowest BCUT2D eigenvalue weighted by Gasteiger charge is -2.30. The van der Waals surface area contributed by atoms with Crippen molar-refractivity contribution in [2.45, 2.75) is 57.9 Å². The standard InChI is InChI=1S/C19H26N4O2.ClH/c1-10(2)17-16-13(18(24)21-14-6-7-20-9-11(14)3)8-15(12-4-5-12)22-19(16)25-23-17;/h8,10-12,14,20H,4-7,9H2,1-3H3,(H,21,24);1H. The molecule has 0 aromatic carbocycles. The van der Waals surface area contributed by atoms with Gasteiger partial charge in [0, 0.05) is 17.7 Å². The summed E-state index contributed by atoms with van der Waals surface area (Å²) < 4.78 is 5.48. The van der Waals surface area contributed by atoms with Crippen molar-refractivity contribution in [1.82, 2.24) is 20.8 Å². The molecule has 2 unspecified atom stereocenters. The zero-order valence-electron chi connectivity index (χ0n) is 15.5. The summed E-state index contributed by atoms with van der Waals surface area (Å²) in [5.74, 6) is 1.03. The molecule has 2 N–H and O–H groups in total. The third-order valence-electron chi connectivity index (χ3n) is 5.38. The number of amides is 1. The smallest absolute Gasteiger partial charge is 0.259 e. The summed E-state index contributed by atoms with van der Waals surface area (Å²) in [6.45, 7) is 8.17. The number of carbonyl (C=O) groups excluding carboxylic acids is 1. The number of rotatable bonds is 4. The lowest BCUT2D eigenvalue weighted by atomic mass is 9.94. The van der Waals surface area contributed by atoms with Crippen LogP contribution in [-0.2, 0) is 0 Å². The Morgan fingerprint density at radius 3 is 2.77 bits per heavy atom. The molecule has 2 aromatic rings. The van der Waals surface area contributed by atoms with Gasteiger partial charge in [-0.2, -0.15) is 0 Å². The molecule has 2 aromatic heterocycles. The second kappa shape index (κ2) is 7.53. The maximum absolute atomic E-state index is 13.1. The van der Waals surface area contributed by atoms with E-state index >= 15 is 0 Å². The van der Waals surface area contributed by atoms with E-state index in [9.17, 15) is 4.79 Å². The van der Waals surface area contributed by atoms with Crippen molar-refractivity contribution in [3.05, 3.63) is 23.0 Å². The molecule has 2 fully saturated rings. The first kappa shape index (κ1) is 19.1. The van der Waals surface area contributed by atoms with Crippen LogP contribution in [0.15, 0.2) is 10.6 Å². The van der Waals surface area contributed by atoms with Crippen molar-refractivity contribution in [3.8, 4) is 0 Å². The van der Waals surface area contributed by atoms with Gasteiger partial charge in [0.25, 0.3) is 11.6 Å². The van der Waals surface area contributed by atoms with Crippen molar-refractivity contribution < 1.29 is 9.32 Å². The van der Waals surface area contributed by atoms with Crippen LogP contribution in [0.25, 0.3) is 11.1 Å². The van der Waals surface area contributed by atoms with Crippen molar-refractivity contribution >= 4 is 29.4 Å². The van der Waals surface area contributed by atoms with Gasteiger partial charge in [0.2, 0.25) is 0 Å². The molecule has 26 heavy (non-hydrogen) atoms. The van der Waals surface area contributed by atoms with Gasteiger partial charge in [-0.3, -0.25) is 4.79 Å². The molecule has 1 saturated heterocycles. The molecule has 6 nitrogen and oxygen atoms in total. The number of halogens is 1. The predicted octanol–water partition coefficient (Wildman–Crippen LogP) is 3.37. The molecule has 142 valence electrons. The summed E-state index contributed by atoms with van der Waals surface area (Å²) in [6, 6.07) is 2.16.